The minimum atomic E-state index is -0.0688. The molecule has 1 unspecified atom stereocenters. The molecule has 1 saturated heterocycles. The van der Waals surface area contributed by atoms with E-state index in [1.54, 1.807) is 0 Å². The van der Waals surface area contributed by atoms with Gasteiger partial charge in [-0.15, -0.1) is 0 Å². The lowest BCUT2D eigenvalue weighted by Gasteiger charge is -2.27. The van der Waals surface area contributed by atoms with E-state index in [4.69, 9.17) is 0 Å². The molecule has 5 heteroatoms. The highest BCUT2D eigenvalue weighted by molar-refractivity contribution is 5.74. The Bertz CT molecular complexity index is 311. The molecule has 0 radical (unpaired) electrons. The second kappa shape index (κ2) is 10.1. The van der Waals surface area contributed by atoms with Gasteiger partial charge in [0.1, 0.15) is 0 Å². The molecule has 4 N–H and O–H groups in total. The van der Waals surface area contributed by atoms with Crippen LogP contribution in [0.4, 0.5) is 4.79 Å². The zero-order chi connectivity index (χ0) is 15.6. The van der Waals surface area contributed by atoms with Gasteiger partial charge in [-0.05, 0) is 51.0 Å². The first-order chi connectivity index (χ1) is 10.8. The molecule has 128 valence electrons. The average molecular weight is 311 g/mol. The van der Waals surface area contributed by atoms with Crippen LogP contribution in [0.5, 0.6) is 0 Å². The summed E-state index contributed by atoms with van der Waals surface area (Å²) in [5.41, 5.74) is 0. The van der Waals surface area contributed by atoms with Crippen molar-refractivity contribution in [3.8, 4) is 0 Å². The molecule has 1 saturated carbocycles. The van der Waals surface area contributed by atoms with Crippen molar-refractivity contribution in [1.29, 1.82) is 0 Å². The number of urea groups is 1. The molecule has 2 atom stereocenters. The molecule has 0 aromatic rings. The van der Waals surface area contributed by atoms with Gasteiger partial charge < -0.3 is 21.1 Å². The Morgan fingerprint density at radius 1 is 1.14 bits per heavy atom. The van der Waals surface area contributed by atoms with Crippen LogP contribution in [0.25, 0.3) is 0 Å². The van der Waals surface area contributed by atoms with Crippen molar-refractivity contribution in [2.45, 2.75) is 76.3 Å². The van der Waals surface area contributed by atoms with Gasteiger partial charge in [0.2, 0.25) is 0 Å². The van der Waals surface area contributed by atoms with E-state index in [0.29, 0.717) is 18.4 Å². The van der Waals surface area contributed by atoms with Crippen molar-refractivity contribution in [2.24, 2.45) is 5.92 Å². The molecule has 1 heterocycles. The Morgan fingerprint density at radius 3 is 2.55 bits per heavy atom. The van der Waals surface area contributed by atoms with Gasteiger partial charge in [-0.3, -0.25) is 0 Å². The van der Waals surface area contributed by atoms with Gasteiger partial charge in [0, 0.05) is 25.2 Å². The topological polar surface area (TPSA) is 73.4 Å². The van der Waals surface area contributed by atoms with E-state index < -0.39 is 0 Å². The molecule has 2 amide bonds. The van der Waals surface area contributed by atoms with Crippen molar-refractivity contribution in [2.75, 3.05) is 19.7 Å². The minimum absolute atomic E-state index is 0.0688. The summed E-state index contributed by atoms with van der Waals surface area (Å²) in [6.07, 6.45) is 11.6. The van der Waals surface area contributed by atoms with Crippen molar-refractivity contribution in [1.82, 2.24) is 16.0 Å². The molecule has 2 aliphatic rings. The summed E-state index contributed by atoms with van der Waals surface area (Å²) in [6.45, 7) is 1.98. The lowest BCUT2D eigenvalue weighted by Crippen LogP contribution is -2.46. The SMILES string of the molecule is O=C(NCC[C@@H]1CCCN1)NC(CCO)C1CCCCCC1. The summed E-state index contributed by atoms with van der Waals surface area (Å²) in [5, 5.41) is 18.8. The number of hydrogen-bond donors (Lipinski definition) is 4. The van der Waals surface area contributed by atoms with E-state index >= 15 is 0 Å². The van der Waals surface area contributed by atoms with Crippen LogP contribution in [0.15, 0.2) is 0 Å². The number of rotatable bonds is 7. The molecule has 2 fully saturated rings. The monoisotopic (exact) mass is 311 g/mol. The Labute approximate surface area is 134 Å². The van der Waals surface area contributed by atoms with Crippen LogP contribution in [0.1, 0.15) is 64.2 Å². The molecule has 1 aliphatic carbocycles. The number of amides is 2. The third-order valence-corrected chi connectivity index (χ3v) is 5.17. The largest absolute Gasteiger partial charge is 0.396 e. The van der Waals surface area contributed by atoms with Crippen molar-refractivity contribution >= 4 is 6.03 Å². The maximum atomic E-state index is 12.1. The summed E-state index contributed by atoms with van der Waals surface area (Å²) in [7, 11) is 0. The van der Waals surface area contributed by atoms with Crippen molar-refractivity contribution in [3.05, 3.63) is 0 Å². The Kier molecular flexibility index (Phi) is 8.02. The van der Waals surface area contributed by atoms with Crippen LogP contribution < -0.4 is 16.0 Å². The highest BCUT2D eigenvalue weighted by Gasteiger charge is 2.24. The number of carbonyl (C=O) groups is 1. The zero-order valence-electron chi connectivity index (χ0n) is 13.8. The van der Waals surface area contributed by atoms with Crippen LogP contribution in [0, 0.1) is 5.92 Å². The average Bonchev–Trinajstić information content (AvgIpc) is 2.87. The fraction of sp³-hybridized carbons (Fsp3) is 0.941. The third-order valence-electron chi connectivity index (χ3n) is 5.17. The standard InChI is InChI=1S/C17H33N3O2/c21-13-10-16(14-6-3-1-2-4-7-14)20-17(22)19-12-9-15-8-5-11-18-15/h14-16,18,21H,1-13H2,(H2,19,20,22)/t15-,16?/m0/s1. The van der Waals surface area contributed by atoms with E-state index in [9.17, 15) is 9.90 Å². The molecular weight excluding hydrogens is 278 g/mol. The smallest absolute Gasteiger partial charge is 0.315 e. The summed E-state index contributed by atoms with van der Waals surface area (Å²) in [5.74, 6) is 0.525. The normalized spacial score (nSPS) is 24.7. The fourth-order valence-electron chi connectivity index (χ4n) is 3.86. The van der Waals surface area contributed by atoms with Gasteiger partial charge in [-0.25, -0.2) is 4.79 Å². The number of hydrogen-bond acceptors (Lipinski definition) is 3. The first-order valence-electron chi connectivity index (χ1n) is 9.18. The molecule has 0 aromatic carbocycles. The molecule has 0 spiro atoms. The van der Waals surface area contributed by atoms with Crippen LogP contribution in [-0.4, -0.2) is 42.9 Å². The van der Waals surface area contributed by atoms with E-state index in [-0.39, 0.29) is 18.7 Å². The molecule has 1 aliphatic heterocycles. The van der Waals surface area contributed by atoms with Gasteiger partial charge >= 0.3 is 6.03 Å². The van der Waals surface area contributed by atoms with Crippen molar-refractivity contribution in [3.63, 3.8) is 0 Å². The van der Waals surface area contributed by atoms with Crippen LogP contribution in [0.3, 0.4) is 0 Å². The van der Waals surface area contributed by atoms with Crippen LogP contribution >= 0.6 is 0 Å². The second-order valence-electron chi connectivity index (χ2n) is 6.85. The van der Waals surface area contributed by atoms with Gasteiger partial charge in [-0.2, -0.15) is 0 Å². The fourth-order valence-corrected chi connectivity index (χ4v) is 3.86. The Balaban J connectivity index is 1.70. The first-order valence-corrected chi connectivity index (χ1v) is 9.18. The number of aliphatic hydroxyl groups is 1. The summed E-state index contributed by atoms with van der Waals surface area (Å²) >= 11 is 0. The molecular formula is C17H33N3O2. The Morgan fingerprint density at radius 2 is 1.91 bits per heavy atom. The van der Waals surface area contributed by atoms with Crippen LogP contribution in [-0.2, 0) is 0 Å². The highest BCUT2D eigenvalue weighted by atomic mass is 16.3. The summed E-state index contributed by atoms with van der Waals surface area (Å²) in [4.78, 5) is 12.1. The maximum absolute atomic E-state index is 12.1. The van der Waals surface area contributed by atoms with Crippen LogP contribution in [0.2, 0.25) is 0 Å². The van der Waals surface area contributed by atoms with Gasteiger partial charge in [0.15, 0.2) is 0 Å². The molecule has 5 nitrogen and oxygen atoms in total. The van der Waals surface area contributed by atoms with E-state index in [2.05, 4.69) is 16.0 Å². The summed E-state index contributed by atoms with van der Waals surface area (Å²) in [6, 6.07) is 0.615. The number of aliphatic hydroxyl groups excluding tert-OH is 1. The highest BCUT2D eigenvalue weighted by Crippen LogP contribution is 2.26. The van der Waals surface area contributed by atoms with Gasteiger partial charge in [-0.1, -0.05) is 25.7 Å². The molecule has 0 bridgehead atoms. The minimum Gasteiger partial charge on any atom is -0.396 e. The lowest BCUT2D eigenvalue weighted by molar-refractivity contribution is 0.207. The van der Waals surface area contributed by atoms with E-state index in [1.165, 1.54) is 51.4 Å². The number of nitrogens with one attached hydrogen (secondary N) is 3. The quantitative estimate of drug-likeness (QED) is 0.544. The van der Waals surface area contributed by atoms with Gasteiger partial charge in [0.05, 0.1) is 0 Å². The Hall–Kier alpha value is -0.810. The predicted molar refractivity (Wildman–Crippen MR) is 88.9 cm³/mol. The second-order valence-corrected chi connectivity index (χ2v) is 6.85. The van der Waals surface area contributed by atoms with Crippen molar-refractivity contribution < 1.29 is 9.90 Å². The van der Waals surface area contributed by atoms with E-state index in [1.807, 2.05) is 0 Å². The lowest BCUT2D eigenvalue weighted by atomic mass is 9.90. The van der Waals surface area contributed by atoms with Gasteiger partial charge in [0.25, 0.3) is 0 Å². The maximum Gasteiger partial charge on any atom is 0.315 e. The molecule has 0 aromatic heterocycles. The predicted octanol–water partition coefficient (Wildman–Crippen LogP) is 2.15. The zero-order valence-corrected chi connectivity index (χ0v) is 13.8. The van der Waals surface area contributed by atoms with E-state index in [0.717, 1.165) is 19.5 Å². The molecule has 22 heavy (non-hydrogen) atoms. The first kappa shape index (κ1) is 17.5. The molecule has 2 rings (SSSR count). The summed E-state index contributed by atoms with van der Waals surface area (Å²) < 4.78 is 0. The third kappa shape index (κ3) is 6.13. The number of carbonyl (C=O) groups excluding carboxylic acids is 1.